The van der Waals surface area contributed by atoms with Crippen molar-refractivity contribution in [2.45, 2.75) is 260 Å². The Bertz CT molecular complexity index is 2170. The first kappa shape index (κ1) is 64.4. The molecule has 0 saturated heterocycles. The highest BCUT2D eigenvalue weighted by atomic mass is 32.1. The van der Waals surface area contributed by atoms with Crippen LogP contribution >= 0.6 is 11.3 Å². The van der Waals surface area contributed by atoms with Crippen LogP contribution < -0.4 is 0 Å². The van der Waals surface area contributed by atoms with Crippen LogP contribution in [0.15, 0.2) is 24.3 Å². The van der Waals surface area contributed by atoms with E-state index in [1.165, 1.54) is 105 Å². The molecule has 0 aliphatic rings. The van der Waals surface area contributed by atoms with Gasteiger partial charge in [0.1, 0.15) is 17.3 Å². The van der Waals surface area contributed by atoms with E-state index in [0.29, 0.717) is 19.3 Å². The van der Waals surface area contributed by atoms with Gasteiger partial charge in [-0.05, 0) is 221 Å². The largest absolute Gasteiger partial charge is 0.300 e. The molecule has 0 aliphatic carbocycles. The van der Waals surface area contributed by atoms with Gasteiger partial charge in [-0.15, -0.1) is 11.3 Å². The molecule has 0 saturated carbocycles. The molecule has 0 bridgehead atoms. The topological polar surface area (TPSA) is 51.2 Å². The van der Waals surface area contributed by atoms with Gasteiger partial charge in [0.15, 0.2) is 0 Å². The second kappa shape index (κ2) is 25.5. The van der Waals surface area contributed by atoms with Gasteiger partial charge in [-0.2, -0.15) is 0 Å². The fourth-order valence-corrected chi connectivity index (χ4v) is 11.6. The third-order valence-electron chi connectivity index (χ3n) is 14.3. The van der Waals surface area contributed by atoms with Gasteiger partial charge in [-0.1, -0.05) is 128 Å². The molecule has 0 spiro atoms. The predicted octanol–water partition coefficient (Wildman–Crippen LogP) is 18.6. The number of carbonyl (C=O) groups excluding carboxylic acids is 3. The van der Waals surface area contributed by atoms with Crippen LogP contribution in [-0.4, -0.2) is 17.3 Å². The average molecular weight is 952 g/mol. The molecular weight excluding hydrogens is 849 g/mol. The summed E-state index contributed by atoms with van der Waals surface area (Å²) in [7, 11) is 0. The van der Waals surface area contributed by atoms with Crippen molar-refractivity contribution in [2.75, 3.05) is 0 Å². The standard InChI is InChI=1S/2C17H26O.C14H22.C13H20OS.C3H8/c2*1-10(18)9-17(7,8)16-14(5)12(3)11(2)13(4)15(16)6;1-13(2,3)11-9-7-8-10-12(11)14(4,5)6;1-8(14)7-13(5,6)12-10(3)9(2)11(4)15-12;1-3-2/h2*9H2,1-8H3;7-10H,1-6H3;7H2,1-6H3;3H2,1-2H3. The summed E-state index contributed by atoms with van der Waals surface area (Å²) in [4.78, 5) is 37.0. The van der Waals surface area contributed by atoms with Crippen molar-refractivity contribution >= 4 is 28.7 Å². The maximum atomic E-state index is 11.5. The van der Waals surface area contributed by atoms with E-state index in [-0.39, 0.29) is 44.4 Å². The number of hydrogen-bond acceptors (Lipinski definition) is 4. The second-order valence-corrected chi connectivity index (χ2v) is 25.5. The lowest BCUT2D eigenvalue weighted by molar-refractivity contribution is -0.118. The highest BCUT2D eigenvalue weighted by Gasteiger charge is 2.31. The van der Waals surface area contributed by atoms with E-state index in [1.54, 1.807) is 20.8 Å². The van der Waals surface area contributed by atoms with Crippen LogP contribution in [0.4, 0.5) is 0 Å². The quantitative estimate of drug-likeness (QED) is 0.168. The summed E-state index contributed by atoms with van der Waals surface area (Å²) >= 11 is 1.84. The summed E-state index contributed by atoms with van der Waals surface area (Å²) in [6, 6.07) is 8.77. The lowest BCUT2D eigenvalue weighted by Crippen LogP contribution is -2.24. The molecule has 0 N–H and O–H groups in total. The van der Waals surface area contributed by atoms with Crippen LogP contribution in [-0.2, 0) is 41.5 Å². The highest BCUT2D eigenvalue weighted by molar-refractivity contribution is 7.12. The van der Waals surface area contributed by atoms with Crippen molar-refractivity contribution in [1.29, 1.82) is 0 Å². The molecule has 3 nitrogen and oxygen atoms in total. The van der Waals surface area contributed by atoms with Crippen molar-refractivity contribution in [3.05, 3.63) is 123 Å². The van der Waals surface area contributed by atoms with E-state index in [1.807, 2.05) is 11.3 Å². The SMILES string of the molecule is CC(=O)CC(C)(C)c1c(C)c(C)c(C)c(C)c1C.CC(=O)CC(C)(C)c1c(C)c(C)c(C)c(C)c1C.CC(=O)CC(C)(C)c1sc(C)c(C)c1C.CC(C)(C)c1ccccc1C(C)(C)C.CCC. The summed E-state index contributed by atoms with van der Waals surface area (Å²) in [5.41, 5.74) is 22.3. The van der Waals surface area contributed by atoms with E-state index in [4.69, 9.17) is 0 Å². The summed E-state index contributed by atoms with van der Waals surface area (Å²) in [5.74, 6) is 0.785. The van der Waals surface area contributed by atoms with Gasteiger partial charge in [0, 0.05) is 34.4 Å². The zero-order valence-electron chi connectivity index (χ0n) is 49.8. The number of thiophene rings is 1. The molecule has 0 unspecified atom stereocenters. The van der Waals surface area contributed by atoms with E-state index in [2.05, 4.69) is 211 Å². The molecule has 382 valence electrons. The molecule has 1 aromatic heterocycles. The minimum Gasteiger partial charge on any atom is -0.300 e. The first-order valence-corrected chi connectivity index (χ1v) is 26.2. The first-order valence-electron chi connectivity index (χ1n) is 25.4. The number of rotatable bonds is 9. The Balaban J connectivity index is 0.000000866. The van der Waals surface area contributed by atoms with E-state index in [0.717, 1.165) is 0 Å². The smallest absolute Gasteiger partial charge is 0.130 e. The van der Waals surface area contributed by atoms with Gasteiger partial charge in [0.2, 0.25) is 0 Å². The molecule has 0 amide bonds. The summed E-state index contributed by atoms with van der Waals surface area (Å²) in [6.45, 7) is 64.3. The van der Waals surface area contributed by atoms with Crippen molar-refractivity contribution in [2.24, 2.45) is 0 Å². The van der Waals surface area contributed by atoms with Gasteiger partial charge in [-0.3, -0.25) is 14.4 Å². The van der Waals surface area contributed by atoms with Crippen LogP contribution in [0.3, 0.4) is 0 Å². The van der Waals surface area contributed by atoms with Gasteiger partial charge >= 0.3 is 0 Å². The minimum atomic E-state index is -0.0801. The third kappa shape index (κ3) is 17.3. The van der Waals surface area contributed by atoms with Crippen LogP contribution in [0.25, 0.3) is 0 Å². The minimum absolute atomic E-state index is 0.0143. The number of ketones is 3. The van der Waals surface area contributed by atoms with Crippen LogP contribution in [0.1, 0.15) is 242 Å². The van der Waals surface area contributed by atoms with Gasteiger partial charge < -0.3 is 0 Å². The molecular formula is C64H102O3S. The summed E-state index contributed by atoms with van der Waals surface area (Å²) in [5, 5.41) is 0. The molecule has 4 aromatic rings. The van der Waals surface area contributed by atoms with Crippen LogP contribution in [0.5, 0.6) is 0 Å². The van der Waals surface area contributed by atoms with E-state index in [9.17, 15) is 14.4 Å². The van der Waals surface area contributed by atoms with Crippen molar-refractivity contribution in [3.8, 4) is 0 Å². The molecule has 68 heavy (non-hydrogen) atoms. The molecule has 0 radical (unpaired) electrons. The summed E-state index contributed by atoms with van der Waals surface area (Å²) < 4.78 is 0. The predicted molar refractivity (Wildman–Crippen MR) is 304 cm³/mol. The maximum absolute atomic E-state index is 11.5. The molecule has 0 fully saturated rings. The maximum Gasteiger partial charge on any atom is 0.130 e. The van der Waals surface area contributed by atoms with Crippen molar-refractivity contribution < 1.29 is 14.4 Å². The van der Waals surface area contributed by atoms with Crippen molar-refractivity contribution in [3.63, 3.8) is 0 Å². The van der Waals surface area contributed by atoms with Crippen LogP contribution in [0.2, 0.25) is 0 Å². The Kier molecular flexibility index (Phi) is 24.1. The average Bonchev–Trinajstić information content (AvgIpc) is 3.44. The Morgan fingerprint density at radius 2 is 0.618 bits per heavy atom. The lowest BCUT2D eigenvalue weighted by Gasteiger charge is -2.31. The fraction of sp³-hybridized carbons (Fsp3) is 0.609. The molecule has 3 aromatic carbocycles. The van der Waals surface area contributed by atoms with Crippen molar-refractivity contribution in [1.82, 2.24) is 0 Å². The number of aryl methyl sites for hydroxylation is 1. The highest BCUT2D eigenvalue weighted by Crippen LogP contribution is 2.40. The number of hydrogen-bond donors (Lipinski definition) is 0. The zero-order valence-corrected chi connectivity index (χ0v) is 50.6. The molecule has 1 heterocycles. The fourth-order valence-electron chi connectivity index (χ4n) is 10.3. The van der Waals surface area contributed by atoms with E-state index < -0.39 is 0 Å². The molecule has 0 aliphatic heterocycles. The van der Waals surface area contributed by atoms with Crippen LogP contribution in [0, 0.1) is 90.0 Å². The Morgan fingerprint density at radius 3 is 0.824 bits per heavy atom. The van der Waals surface area contributed by atoms with Gasteiger partial charge in [0.25, 0.3) is 0 Å². The zero-order chi connectivity index (χ0) is 54.0. The number of Topliss-reactive ketones (excluding diaryl/α,β-unsaturated/α-hetero) is 3. The number of carbonyl (C=O) groups is 3. The summed E-state index contributed by atoms with van der Waals surface area (Å²) in [6.07, 6.45) is 3.10. The van der Waals surface area contributed by atoms with E-state index >= 15 is 0 Å². The molecule has 4 heteroatoms. The monoisotopic (exact) mass is 951 g/mol. The Morgan fingerprint density at radius 1 is 0.382 bits per heavy atom. The van der Waals surface area contributed by atoms with Gasteiger partial charge in [-0.25, -0.2) is 0 Å². The Hall–Kier alpha value is -3.63. The lowest BCUT2D eigenvalue weighted by atomic mass is 9.73. The molecule has 0 atom stereocenters. The normalized spacial score (nSPS) is 11.8. The first-order chi connectivity index (χ1) is 30.6. The Labute approximate surface area is 424 Å². The molecule has 4 rings (SSSR count). The number of benzene rings is 3. The second-order valence-electron chi connectivity index (χ2n) is 24.3. The van der Waals surface area contributed by atoms with Gasteiger partial charge in [0.05, 0.1) is 0 Å². The third-order valence-corrected chi connectivity index (χ3v) is 15.9.